The van der Waals surface area contributed by atoms with Gasteiger partial charge in [-0.15, -0.1) is 0 Å². The van der Waals surface area contributed by atoms with Gasteiger partial charge >= 0.3 is 0 Å². The maximum absolute atomic E-state index is 11.5. The molecule has 2 aromatic rings. The molecule has 4 heteroatoms. The molecule has 1 aromatic carbocycles. The second-order valence-electron chi connectivity index (χ2n) is 3.51. The Hall–Kier alpha value is -2.07. The number of benzene rings is 1. The molecule has 3 N–H and O–H groups in total. The van der Waals surface area contributed by atoms with Crippen molar-refractivity contribution in [2.45, 2.75) is 6.92 Å². The highest BCUT2D eigenvalue weighted by Crippen LogP contribution is 2.17. The third-order valence-corrected chi connectivity index (χ3v) is 2.56. The van der Waals surface area contributed by atoms with Crippen LogP contribution >= 0.6 is 0 Å². The fraction of sp³-hybridized carbons (Fsp3) is 0.0833. The van der Waals surface area contributed by atoms with Gasteiger partial charge in [0.2, 0.25) is 0 Å². The number of nitrogen functional groups attached to an aromatic ring is 1. The Morgan fingerprint density at radius 3 is 2.56 bits per heavy atom. The van der Waals surface area contributed by atoms with Crippen molar-refractivity contribution in [3.63, 3.8) is 0 Å². The van der Waals surface area contributed by atoms with Crippen LogP contribution in [0.15, 0.2) is 42.7 Å². The second kappa shape index (κ2) is 4.20. The lowest BCUT2D eigenvalue weighted by Gasteiger charge is -2.10. The fourth-order valence-electron chi connectivity index (χ4n) is 1.72. The van der Waals surface area contributed by atoms with Gasteiger partial charge < -0.3 is 4.57 Å². The molecule has 0 radical (unpaired) electrons. The van der Waals surface area contributed by atoms with Crippen LogP contribution in [0.25, 0.3) is 5.69 Å². The number of carbonyl (C=O) groups excluding carboxylic acids is 1. The van der Waals surface area contributed by atoms with E-state index in [2.05, 4.69) is 5.43 Å². The molecule has 0 saturated heterocycles. The molecule has 1 amide bonds. The van der Waals surface area contributed by atoms with E-state index in [4.69, 9.17) is 5.84 Å². The Kier molecular flexibility index (Phi) is 2.74. The molecule has 0 aliphatic rings. The summed E-state index contributed by atoms with van der Waals surface area (Å²) < 4.78 is 1.96. The molecule has 0 fully saturated rings. The molecule has 2 rings (SSSR count). The molecule has 0 bridgehead atoms. The largest absolute Gasteiger partial charge is 0.324 e. The number of amides is 1. The number of aromatic nitrogens is 1. The van der Waals surface area contributed by atoms with E-state index in [-0.39, 0.29) is 5.91 Å². The standard InChI is InChI=1S/C12H13N3O/c1-9-10(12(16)14-13)5-4-6-11(9)15-7-2-3-8-15/h2-8H,13H2,1H3,(H,14,16). The summed E-state index contributed by atoms with van der Waals surface area (Å²) in [5.74, 6) is 4.86. The predicted molar refractivity (Wildman–Crippen MR) is 62.2 cm³/mol. The van der Waals surface area contributed by atoms with Gasteiger partial charge in [0.25, 0.3) is 5.91 Å². The number of carbonyl (C=O) groups is 1. The van der Waals surface area contributed by atoms with E-state index < -0.39 is 0 Å². The zero-order valence-corrected chi connectivity index (χ0v) is 8.97. The number of rotatable bonds is 2. The van der Waals surface area contributed by atoms with Crippen LogP contribution in [0.1, 0.15) is 15.9 Å². The first kappa shape index (κ1) is 10.4. The molecule has 82 valence electrons. The van der Waals surface area contributed by atoms with Crippen molar-refractivity contribution in [3.8, 4) is 5.69 Å². The molecule has 0 aliphatic carbocycles. The number of nitrogens with one attached hydrogen (secondary N) is 1. The lowest BCUT2D eigenvalue weighted by Crippen LogP contribution is -2.30. The van der Waals surface area contributed by atoms with Crippen LogP contribution in [0.2, 0.25) is 0 Å². The lowest BCUT2D eigenvalue weighted by atomic mass is 10.1. The molecule has 0 saturated carbocycles. The number of hydrogen-bond acceptors (Lipinski definition) is 2. The minimum atomic E-state index is -0.272. The quantitative estimate of drug-likeness (QED) is 0.452. The van der Waals surface area contributed by atoms with E-state index in [1.165, 1.54) is 0 Å². The Morgan fingerprint density at radius 1 is 1.25 bits per heavy atom. The van der Waals surface area contributed by atoms with Crippen molar-refractivity contribution in [2.75, 3.05) is 0 Å². The van der Waals surface area contributed by atoms with Crippen LogP contribution in [-0.4, -0.2) is 10.5 Å². The fourth-order valence-corrected chi connectivity index (χ4v) is 1.72. The smallest absolute Gasteiger partial charge is 0.265 e. The van der Waals surface area contributed by atoms with Gasteiger partial charge in [0.15, 0.2) is 0 Å². The summed E-state index contributed by atoms with van der Waals surface area (Å²) in [6.07, 6.45) is 3.87. The summed E-state index contributed by atoms with van der Waals surface area (Å²) in [4.78, 5) is 11.5. The molecule has 4 nitrogen and oxygen atoms in total. The molecule has 0 unspecified atom stereocenters. The Bertz CT molecular complexity index is 503. The van der Waals surface area contributed by atoms with E-state index >= 15 is 0 Å². The van der Waals surface area contributed by atoms with Gasteiger partial charge in [-0.3, -0.25) is 10.2 Å². The monoisotopic (exact) mass is 215 g/mol. The maximum atomic E-state index is 11.5. The van der Waals surface area contributed by atoms with Crippen LogP contribution in [0.5, 0.6) is 0 Å². The zero-order valence-electron chi connectivity index (χ0n) is 8.97. The van der Waals surface area contributed by atoms with E-state index in [1.54, 1.807) is 6.07 Å². The molecule has 16 heavy (non-hydrogen) atoms. The molecule has 1 aromatic heterocycles. The number of hydrogen-bond donors (Lipinski definition) is 2. The highest BCUT2D eigenvalue weighted by molar-refractivity contribution is 5.96. The van der Waals surface area contributed by atoms with Gasteiger partial charge in [-0.25, -0.2) is 5.84 Å². The summed E-state index contributed by atoms with van der Waals surface area (Å²) >= 11 is 0. The first-order chi connectivity index (χ1) is 7.74. The molecular formula is C12H13N3O. The summed E-state index contributed by atoms with van der Waals surface area (Å²) in [6.45, 7) is 1.90. The predicted octanol–water partition coefficient (Wildman–Crippen LogP) is 1.39. The van der Waals surface area contributed by atoms with Crippen LogP contribution in [-0.2, 0) is 0 Å². The minimum Gasteiger partial charge on any atom is -0.324 e. The summed E-state index contributed by atoms with van der Waals surface area (Å²) in [6, 6.07) is 9.43. The lowest BCUT2D eigenvalue weighted by molar-refractivity contribution is 0.0953. The van der Waals surface area contributed by atoms with Crippen molar-refractivity contribution in [3.05, 3.63) is 53.9 Å². The second-order valence-corrected chi connectivity index (χ2v) is 3.51. The molecule has 1 heterocycles. The van der Waals surface area contributed by atoms with Gasteiger partial charge in [-0.1, -0.05) is 6.07 Å². The van der Waals surface area contributed by atoms with Gasteiger partial charge in [-0.05, 0) is 36.8 Å². The highest BCUT2D eigenvalue weighted by atomic mass is 16.2. The van der Waals surface area contributed by atoms with Crippen LogP contribution < -0.4 is 11.3 Å². The van der Waals surface area contributed by atoms with Gasteiger partial charge in [0, 0.05) is 23.6 Å². The van der Waals surface area contributed by atoms with E-state index in [1.807, 2.05) is 48.1 Å². The first-order valence-corrected chi connectivity index (χ1v) is 4.98. The highest BCUT2D eigenvalue weighted by Gasteiger charge is 2.10. The number of nitrogens with two attached hydrogens (primary N) is 1. The molecular weight excluding hydrogens is 202 g/mol. The van der Waals surface area contributed by atoms with E-state index in [0.717, 1.165) is 11.3 Å². The third-order valence-electron chi connectivity index (χ3n) is 2.56. The van der Waals surface area contributed by atoms with Crippen LogP contribution in [0, 0.1) is 6.92 Å². The molecule has 0 atom stereocenters. The third kappa shape index (κ3) is 1.70. The molecule has 0 spiro atoms. The van der Waals surface area contributed by atoms with E-state index in [9.17, 15) is 4.79 Å². The van der Waals surface area contributed by atoms with Crippen molar-refractivity contribution in [1.82, 2.24) is 9.99 Å². The van der Waals surface area contributed by atoms with Crippen molar-refractivity contribution in [1.29, 1.82) is 0 Å². The summed E-state index contributed by atoms with van der Waals surface area (Å²) in [5, 5.41) is 0. The zero-order chi connectivity index (χ0) is 11.5. The van der Waals surface area contributed by atoms with Crippen LogP contribution in [0.4, 0.5) is 0 Å². The Balaban J connectivity index is 2.53. The Labute approximate surface area is 93.7 Å². The average molecular weight is 215 g/mol. The Morgan fingerprint density at radius 2 is 1.94 bits per heavy atom. The van der Waals surface area contributed by atoms with Crippen LogP contribution in [0.3, 0.4) is 0 Å². The molecule has 0 aliphatic heterocycles. The van der Waals surface area contributed by atoms with Gasteiger partial charge in [0.1, 0.15) is 0 Å². The summed E-state index contributed by atoms with van der Waals surface area (Å²) in [7, 11) is 0. The van der Waals surface area contributed by atoms with Gasteiger partial charge in [0.05, 0.1) is 0 Å². The number of hydrazine groups is 1. The first-order valence-electron chi connectivity index (χ1n) is 4.98. The van der Waals surface area contributed by atoms with Crippen molar-refractivity contribution >= 4 is 5.91 Å². The van der Waals surface area contributed by atoms with Gasteiger partial charge in [-0.2, -0.15) is 0 Å². The average Bonchev–Trinajstić information content (AvgIpc) is 2.82. The van der Waals surface area contributed by atoms with Crippen molar-refractivity contribution < 1.29 is 4.79 Å². The number of nitrogens with zero attached hydrogens (tertiary/aromatic N) is 1. The topological polar surface area (TPSA) is 60.1 Å². The van der Waals surface area contributed by atoms with Crippen molar-refractivity contribution in [2.24, 2.45) is 5.84 Å². The summed E-state index contributed by atoms with van der Waals surface area (Å²) in [5.41, 5.74) is 4.62. The van der Waals surface area contributed by atoms with E-state index in [0.29, 0.717) is 5.56 Å². The normalized spacial score (nSPS) is 10.1. The maximum Gasteiger partial charge on any atom is 0.265 e. The minimum absolute atomic E-state index is 0.272. The SMILES string of the molecule is Cc1c(C(=O)NN)cccc1-n1cccc1.